The van der Waals surface area contributed by atoms with Gasteiger partial charge in [-0.15, -0.1) is 22.7 Å². The first-order chi connectivity index (χ1) is 11.1. The van der Waals surface area contributed by atoms with Crippen molar-refractivity contribution in [3.8, 4) is 21.6 Å². The highest BCUT2D eigenvalue weighted by Crippen LogP contribution is 2.33. The number of carbonyl (C=O) groups is 1. The van der Waals surface area contributed by atoms with E-state index in [4.69, 9.17) is 0 Å². The van der Waals surface area contributed by atoms with Crippen LogP contribution in [-0.4, -0.2) is 24.9 Å². The molecule has 0 saturated heterocycles. The van der Waals surface area contributed by atoms with Gasteiger partial charge in [0.1, 0.15) is 0 Å². The van der Waals surface area contributed by atoms with E-state index >= 15 is 0 Å². The smallest absolute Gasteiger partial charge is 0.263 e. The zero-order valence-corrected chi connectivity index (χ0v) is 14.5. The fraction of sp³-hybridized carbons (Fsp3) is 0.105. The molecule has 1 amide bonds. The highest BCUT2D eigenvalue weighted by atomic mass is 32.1. The summed E-state index contributed by atoms with van der Waals surface area (Å²) >= 11 is 3.17. The molecule has 0 saturated carbocycles. The summed E-state index contributed by atoms with van der Waals surface area (Å²) in [5, 5.41) is 0. The normalized spacial score (nSPS) is 10.0. The van der Waals surface area contributed by atoms with Crippen LogP contribution >= 0.6 is 22.7 Å². The molecule has 3 rings (SSSR count). The maximum absolute atomic E-state index is 12.0. The predicted octanol–water partition coefficient (Wildman–Crippen LogP) is 4.58. The van der Waals surface area contributed by atoms with Gasteiger partial charge in [-0.1, -0.05) is 30.0 Å². The first kappa shape index (κ1) is 15.5. The number of benzene rings is 1. The zero-order chi connectivity index (χ0) is 16.2. The van der Waals surface area contributed by atoms with Crippen molar-refractivity contribution in [3.05, 3.63) is 69.9 Å². The average Bonchev–Trinajstić information content (AvgIpc) is 3.22. The van der Waals surface area contributed by atoms with Crippen LogP contribution in [0.2, 0.25) is 0 Å². The molecule has 0 aliphatic heterocycles. The SMILES string of the molecule is CN(C)C(=O)c1ccc(-c2ccc(C#Cc3ccccc3)s2)s1. The number of carbonyl (C=O) groups excluding carboxylic acids is 1. The largest absolute Gasteiger partial charge is 0.344 e. The van der Waals surface area contributed by atoms with Crippen LogP contribution < -0.4 is 0 Å². The molecule has 0 fully saturated rings. The van der Waals surface area contributed by atoms with Crippen molar-refractivity contribution in [3.63, 3.8) is 0 Å². The molecule has 0 unspecified atom stereocenters. The van der Waals surface area contributed by atoms with Gasteiger partial charge in [0.25, 0.3) is 5.91 Å². The molecule has 3 aromatic rings. The lowest BCUT2D eigenvalue weighted by Crippen LogP contribution is -2.20. The second-order valence-corrected chi connectivity index (χ2v) is 7.31. The fourth-order valence-corrected chi connectivity index (χ4v) is 3.98. The molecule has 0 aliphatic rings. The quantitative estimate of drug-likeness (QED) is 0.627. The summed E-state index contributed by atoms with van der Waals surface area (Å²) in [6.07, 6.45) is 0. The van der Waals surface area contributed by atoms with Gasteiger partial charge in [-0.25, -0.2) is 0 Å². The second kappa shape index (κ2) is 6.82. The monoisotopic (exact) mass is 337 g/mol. The summed E-state index contributed by atoms with van der Waals surface area (Å²) in [6, 6.07) is 17.9. The van der Waals surface area contributed by atoms with E-state index < -0.39 is 0 Å². The zero-order valence-electron chi connectivity index (χ0n) is 12.9. The number of hydrogen-bond donors (Lipinski definition) is 0. The van der Waals surface area contributed by atoms with Crippen molar-refractivity contribution >= 4 is 28.6 Å². The van der Waals surface area contributed by atoms with Crippen LogP contribution in [0.5, 0.6) is 0 Å². The Labute approximate surface area is 144 Å². The Morgan fingerprint density at radius 3 is 2.30 bits per heavy atom. The molecule has 0 spiro atoms. The Balaban J connectivity index is 1.80. The molecule has 1 aromatic carbocycles. The van der Waals surface area contributed by atoms with E-state index in [1.807, 2.05) is 48.5 Å². The summed E-state index contributed by atoms with van der Waals surface area (Å²) in [5.41, 5.74) is 1.01. The molecule has 0 aliphatic carbocycles. The molecule has 114 valence electrons. The van der Waals surface area contributed by atoms with Crippen molar-refractivity contribution in [1.82, 2.24) is 4.90 Å². The van der Waals surface area contributed by atoms with Gasteiger partial charge in [-0.05, 0) is 36.4 Å². The number of hydrogen-bond acceptors (Lipinski definition) is 3. The van der Waals surface area contributed by atoms with Crippen molar-refractivity contribution in [2.24, 2.45) is 0 Å². The molecular weight excluding hydrogens is 322 g/mol. The number of amides is 1. The van der Waals surface area contributed by atoms with Crippen LogP contribution in [0.25, 0.3) is 9.75 Å². The first-order valence-corrected chi connectivity index (χ1v) is 8.75. The van der Waals surface area contributed by atoms with E-state index in [-0.39, 0.29) is 5.91 Å². The van der Waals surface area contributed by atoms with E-state index in [0.29, 0.717) is 0 Å². The average molecular weight is 337 g/mol. The Kier molecular flexibility index (Phi) is 4.61. The van der Waals surface area contributed by atoms with Crippen LogP contribution in [0.15, 0.2) is 54.6 Å². The van der Waals surface area contributed by atoms with E-state index in [0.717, 1.165) is 25.1 Å². The van der Waals surface area contributed by atoms with Crippen molar-refractivity contribution in [1.29, 1.82) is 0 Å². The van der Waals surface area contributed by atoms with E-state index in [2.05, 4.69) is 17.9 Å². The Morgan fingerprint density at radius 2 is 1.57 bits per heavy atom. The first-order valence-electron chi connectivity index (χ1n) is 7.12. The highest BCUT2D eigenvalue weighted by molar-refractivity contribution is 7.23. The summed E-state index contributed by atoms with van der Waals surface area (Å²) < 4.78 is 0. The number of rotatable bonds is 2. The molecule has 2 nitrogen and oxygen atoms in total. The number of nitrogens with zero attached hydrogens (tertiary/aromatic N) is 1. The van der Waals surface area contributed by atoms with Gasteiger partial charge >= 0.3 is 0 Å². The van der Waals surface area contributed by atoms with E-state index in [1.165, 1.54) is 11.3 Å². The lowest BCUT2D eigenvalue weighted by molar-refractivity contribution is 0.0832. The molecule has 0 radical (unpaired) electrons. The van der Waals surface area contributed by atoms with Gasteiger partial charge in [0.2, 0.25) is 0 Å². The maximum atomic E-state index is 12.0. The number of thiophene rings is 2. The minimum atomic E-state index is 0.0434. The molecular formula is C19H15NOS2. The molecule has 0 bridgehead atoms. The van der Waals surface area contributed by atoms with Crippen LogP contribution in [0, 0.1) is 11.8 Å². The Morgan fingerprint density at radius 1 is 0.870 bits per heavy atom. The Bertz CT molecular complexity index is 879. The summed E-state index contributed by atoms with van der Waals surface area (Å²) in [4.78, 5) is 17.6. The third-order valence-electron chi connectivity index (χ3n) is 3.18. The minimum absolute atomic E-state index is 0.0434. The van der Waals surface area contributed by atoms with Crippen LogP contribution in [-0.2, 0) is 0 Å². The minimum Gasteiger partial charge on any atom is -0.344 e. The lowest BCUT2D eigenvalue weighted by atomic mass is 10.2. The van der Waals surface area contributed by atoms with Crippen LogP contribution in [0.1, 0.15) is 20.1 Å². The van der Waals surface area contributed by atoms with Crippen molar-refractivity contribution < 1.29 is 4.79 Å². The molecule has 0 atom stereocenters. The third-order valence-corrected chi connectivity index (χ3v) is 5.45. The van der Waals surface area contributed by atoms with Crippen LogP contribution in [0.3, 0.4) is 0 Å². The third kappa shape index (κ3) is 3.70. The van der Waals surface area contributed by atoms with Gasteiger partial charge in [-0.3, -0.25) is 4.79 Å². The standard InChI is InChI=1S/C19H15NOS2/c1-20(2)19(21)18-13-12-17(23-18)16-11-10-15(22-16)9-8-14-6-4-3-5-7-14/h3-7,10-13H,1-2H3. The molecule has 0 N–H and O–H groups in total. The van der Waals surface area contributed by atoms with Crippen molar-refractivity contribution in [2.45, 2.75) is 0 Å². The van der Waals surface area contributed by atoms with Crippen LogP contribution in [0.4, 0.5) is 0 Å². The fourth-order valence-electron chi connectivity index (χ4n) is 2.00. The summed E-state index contributed by atoms with van der Waals surface area (Å²) in [7, 11) is 3.54. The van der Waals surface area contributed by atoms with Gasteiger partial charge < -0.3 is 4.90 Å². The maximum Gasteiger partial charge on any atom is 0.263 e. The highest BCUT2D eigenvalue weighted by Gasteiger charge is 2.12. The van der Waals surface area contributed by atoms with Gasteiger partial charge in [0.15, 0.2) is 0 Å². The Hall–Kier alpha value is -2.35. The van der Waals surface area contributed by atoms with Gasteiger partial charge in [0, 0.05) is 29.4 Å². The van der Waals surface area contributed by atoms with E-state index in [9.17, 15) is 4.79 Å². The van der Waals surface area contributed by atoms with E-state index in [1.54, 1.807) is 30.3 Å². The lowest BCUT2D eigenvalue weighted by Gasteiger charge is -2.06. The molecule has 2 heterocycles. The van der Waals surface area contributed by atoms with Crippen molar-refractivity contribution in [2.75, 3.05) is 14.1 Å². The second-order valence-electron chi connectivity index (χ2n) is 5.14. The summed E-state index contributed by atoms with van der Waals surface area (Å²) in [5.74, 6) is 6.41. The molecule has 2 aromatic heterocycles. The van der Waals surface area contributed by atoms with Gasteiger partial charge in [-0.2, -0.15) is 0 Å². The van der Waals surface area contributed by atoms with Gasteiger partial charge in [0.05, 0.1) is 9.75 Å². The molecule has 23 heavy (non-hydrogen) atoms. The topological polar surface area (TPSA) is 20.3 Å². The predicted molar refractivity (Wildman–Crippen MR) is 98.1 cm³/mol. The molecule has 4 heteroatoms. The summed E-state index contributed by atoms with van der Waals surface area (Å²) in [6.45, 7) is 0.